The van der Waals surface area contributed by atoms with Gasteiger partial charge in [0.15, 0.2) is 9.84 Å². The van der Waals surface area contributed by atoms with Crippen LogP contribution in [0.15, 0.2) is 57.8 Å². The summed E-state index contributed by atoms with van der Waals surface area (Å²) >= 11 is 1.55. The monoisotopic (exact) mass is 291 g/mol. The molecule has 0 saturated heterocycles. The molecule has 5 heteroatoms. The van der Waals surface area contributed by atoms with Crippen LogP contribution in [0.4, 0.5) is 0 Å². The van der Waals surface area contributed by atoms with Gasteiger partial charge in [-0.05, 0) is 41.7 Å². The van der Waals surface area contributed by atoms with E-state index in [4.69, 9.17) is 4.42 Å². The molecule has 0 saturated carbocycles. The minimum Gasteiger partial charge on any atom is -0.224 e. The van der Waals surface area contributed by atoms with E-state index in [2.05, 4.69) is 0 Å². The van der Waals surface area contributed by atoms with Crippen molar-refractivity contribution in [3.8, 4) is 10.6 Å². The predicted octanol–water partition coefficient (Wildman–Crippen LogP) is 3.85. The summed E-state index contributed by atoms with van der Waals surface area (Å²) < 4.78 is 29.6. The van der Waals surface area contributed by atoms with Gasteiger partial charge in [0.1, 0.15) is 4.70 Å². The number of para-hydroxylation sites is 1. The van der Waals surface area contributed by atoms with Gasteiger partial charge in [-0.1, -0.05) is 12.1 Å². The average molecular weight is 291 g/mol. The zero-order valence-electron chi connectivity index (χ0n) is 10.2. The molecule has 3 nitrogen and oxygen atoms in total. The van der Waals surface area contributed by atoms with Gasteiger partial charge in [-0.3, -0.25) is 0 Å². The van der Waals surface area contributed by atoms with Gasteiger partial charge in [0.05, 0.1) is 10.5 Å². The lowest BCUT2D eigenvalue weighted by Gasteiger charge is -1.96. The summed E-state index contributed by atoms with van der Waals surface area (Å²) in [7, 11) is -3.15. The lowest BCUT2D eigenvalue weighted by molar-refractivity contribution is 0.602. The molecule has 1 heterocycles. The Kier molecular flexibility index (Phi) is 2.88. The third kappa shape index (κ3) is 2.39. The van der Waals surface area contributed by atoms with Crippen LogP contribution in [0, 0.1) is 0 Å². The topological polar surface area (TPSA) is 45.4 Å². The van der Waals surface area contributed by atoms with Crippen molar-refractivity contribution in [1.29, 1.82) is 0 Å². The number of hydrogen-bond acceptors (Lipinski definition) is 3. The fraction of sp³-hybridized carbons (Fsp3) is 0.0714. The Morgan fingerprint density at radius 1 is 1.00 bits per heavy atom. The van der Waals surface area contributed by atoms with E-state index in [9.17, 15) is 8.42 Å². The third-order valence-electron chi connectivity index (χ3n) is 2.77. The van der Waals surface area contributed by atoms with Crippen LogP contribution >= 0.6 is 11.3 Å². The Hall–Kier alpha value is -1.72. The minimum atomic E-state index is -3.15. The number of rotatable bonds is 2. The third-order valence-corrected chi connectivity index (χ3v) is 4.96. The van der Waals surface area contributed by atoms with Gasteiger partial charge < -0.3 is 0 Å². The highest BCUT2D eigenvalue weighted by molar-refractivity contribution is 7.90. The largest absolute Gasteiger partial charge is 0.418 e. The van der Waals surface area contributed by atoms with E-state index in [-0.39, 0.29) is 0 Å². The summed E-state index contributed by atoms with van der Waals surface area (Å²) in [5, 5.41) is 0.779. The first-order valence-electron chi connectivity index (χ1n) is 5.66. The van der Waals surface area contributed by atoms with Gasteiger partial charge in [0.25, 0.3) is 0 Å². The van der Waals surface area contributed by atoms with Crippen molar-refractivity contribution < 1.29 is 12.8 Å². The van der Waals surface area contributed by atoms with Gasteiger partial charge in [-0.15, -0.1) is 0 Å². The molecule has 19 heavy (non-hydrogen) atoms. The van der Waals surface area contributed by atoms with Crippen LogP contribution in [0.2, 0.25) is 0 Å². The maximum absolute atomic E-state index is 11.4. The van der Waals surface area contributed by atoms with E-state index < -0.39 is 9.84 Å². The first kappa shape index (κ1) is 12.3. The minimum absolute atomic E-state index is 0.317. The lowest BCUT2D eigenvalue weighted by atomic mass is 10.2. The van der Waals surface area contributed by atoms with Crippen LogP contribution in [-0.2, 0) is 9.84 Å². The Bertz CT molecular complexity index is 798. The van der Waals surface area contributed by atoms with E-state index in [0.29, 0.717) is 4.90 Å². The standard InChI is InChI=1S/C14H11O3S2/c1-19(15,16)11-8-6-10(7-9-11)14-17-12-4-2-3-5-13(12)18-14/h2-9H,1H3/q+1. The number of benzene rings is 2. The molecule has 0 bridgehead atoms. The summed E-state index contributed by atoms with van der Waals surface area (Å²) in [6, 6.07) is 14.5. The second-order valence-corrected chi connectivity index (χ2v) is 7.27. The molecule has 0 atom stereocenters. The molecule has 0 fully saturated rings. The summed E-state index contributed by atoms with van der Waals surface area (Å²) in [5.41, 5.74) is 1.73. The molecule has 0 radical (unpaired) electrons. The van der Waals surface area contributed by atoms with Crippen molar-refractivity contribution in [1.82, 2.24) is 0 Å². The van der Waals surface area contributed by atoms with Crippen LogP contribution in [0.25, 0.3) is 20.9 Å². The molecule has 3 aromatic rings. The highest BCUT2D eigenvalue weighted by atomic mass is 32.2. The molecule has 0 unspecified atom stereocenters. The van der Waals surface area contributed by atoms with Crippen LogP contribution in [-0.4, -0.2) is 14.7 Å². The summed E-state index contributed by atoms with van der Waals surface area (Å²) in [6.07, 6.45) is 1.20. The molecular weight excluding hydrogens is 280 g/mol. The number of fused-ring (bicyclic) bond motifs is 1. The SMILES string of the molecule is CS(=O)(=O)c1ccc(-c2[o+]c3ccccc3s2)cc1. The van der Waals surface area contributed by atoms with E-state index in [1.165, 1.54) is 6.26 Å². The smallest absolute Gasteiger partial charge is 0.224 e. The highest BCUT2D eigenvalue weighted by Gasteiger charge is 2.19. The van der Waals surface area contributed by atoms with Crippen molar-refractivity contribution in [2.45, 2.75) is 4.90 Å². The second-order valence-electron chi connectivity index (χ2n) is 4.23. The van der Waals surface area contributed by atoms with Crippen molar-refractivity contribution in [3.05, 3.63) is 48.5 Å². The lowest BCUT2D eigenvalue weighted by Crippen LogP contribution is -1.95. The quantitative estimate of drug-likeness (QED) is 0.674. The molecular formula is C14H11O3S2+. The molecule has 0 amide bonds. The molecule has 0 aliphatic carbocycles. The Labute approximate surface area is 115 Å². The van der Waals surface area contributed by atoms with Crippen LogP contribution < -0.4 is 0 Å². The van der Waals surface area contributed by atoms with E-state index >= 15 is 0 Å². The Balaban J connectivity index is 2.07. The van der Waals surface area contributed by atoms with Gasteiger partial charge in [0.2, 0.25) is 0 Å². The van der Waals surface area contributed by atoms with E-state index in [1.807, 2.05) is 24.3 Å². The van der Waals surface area contributed by atoms with E-state index in [0.717, 1.165) is 20.9 Å². The maximum Gasteiger partial charge on any atom is 0.418 e. The highest BCUT2D eigenvalue weighted by Crippen LogP contribution is 2.33. The fourth-order valence-corrected chi connectivity index (χ4v) is 3.37. The molecule has 0 aliphatic heterocycles. The molecule has 2 aromatic carbocycles. The van der Waals surface area contributed by atoms with Crippen molar-refractivity contribution in [2.24, 2.45) is 0 Å². The van der Waals surface area contributed by atoms with Crippen LogP contribution in [0.5, 0.6) is 0 Å². The Morgan fingerprint density at radius 2 is 1.68 bits per heavy atom. The molecule has 0 spiro atoms. The molecule has 0 aliphatic rings. The summed E-state index contributed by atoms with van der Waals surface area (Å²) in [6.45, 7) is 0. The fourth-order valence-electron chi connectivity index (χ4n) is 1.80. The summed E-state index contributed by atoms with van der Waals surface area (Å²) in [4.78, 5) is 0.317. The zero-order valence-corrected chi connectivity index (χ0v) is 11.8. The van der Waals surface area contributed by atoms with E-state index in [1.54, 1.807) is 35.6 Å². The number of sulfone groups is 1. The second kappa shape index (κ2) is 4.43. The van der Waals surface area contributed by atoms with Crippen molar-refractivity contribution in [2.75, 3.05) is 6.26 Å². The van der Waals surface area contributed by atoms with Gasteiger partial charge in [-0.25, -0.2) is 8.42 Å². The predicted molar refractivity (Wildman–Crippen MR) is 77.0 cm³/mol. The van der Waals surface area contributed by atoms with Gasteiger partial charge in [0, 0.05) is 12.3 Å². The van der Waals surface area contributed by atoms with Crippen LogP contribution in [0.1, 0.15) is 0 Å². The van der Waals surface area contributed by atoms with Crippen molar-refractivity contribution >= 4 is 31.5 Å². The molecule has 3 rings (SSSR count). The van der Waals surface area contributed by atoms with Crippen molar-refractivity contribution in [3.63, 3.8) is 0 Å². The van der Waals surface area contributed by atoms with Gasteiger partial charge >= 0.3 is 10.7 Å². The average Bonchev–Trinajstić information content (AvgIpc) is 2.81. The maximum atomic E-state index is 11.4. The first-order chi connectivity index (χ1) is 9.04. The Morgan fingerprint density at radius 3 is 2.32 bits per heavy atom. The van der Waals surface area contributed by atoms with Crippen LogP contribution in [0.3, 0.4) is 0 Å². The molecule has 0 N–H and O–H groups in total. The number of hydrogen-bond donors (Lipinski definition) is 0. The summed E-state index contributed by atoms with van der Waals surface area (Å²) in [5.74, 6) is 0. The molecule has 96 valence electrons. The zero-order chi connectivity index (χ0) is 13.5. The van der Waals surface area contributed by atoms with Gasteiger partial charge in [-0.2, -0.15) is 4.42 Å². The normalized spacial score (nSPS) is 11.8. The first-order valence-corrected chi connectivity index (χ1v) is 8.37. The molecule has 1 aromatic heterocycles.